The number of ether oxygens (including phenoxy) is 3. The van der Waals surface area contributed by atoms with Crippen molar-refractivity contribution in [2.75, 3.05) is 24.7 Å². The lowest BCUT2D eigenvalue weighted by Gasteiger charge is -2.27. The number of nitrogens with zero attached hydrogens (tertiary/aromatic N) is 1. The smallest absolute Gasteiger partial charge is 0.336 e. The van der Waals surface area contributed by atoms with Crippen LogP contribution in [0.2, 0.25) is 0 Å². The summed E-state index contributed by atoms with van der Waals surface area (Å²) < 4.78 is 17.4. The largest absolute Gasteiger partial charge is 0.493 e. The molecular weight excluding hydrogens is 480 g/mol. The van der Waals surface area contributed by atoms with Crippen molar-refractivity contribution in [3.8, 4) is 17.2 Å². The highest BCUT2D eigenvalue weighted by atomic mass is 79.9. The van der Waals surface area contributed by atoms with Crippen LogP contribution in [0.25, 0.3) is 6.08 Å². The van der Waals surface area contributed by atoms with Crippen molar-refractivity contribution in [2.45, 2.75) is 20.8 Å². The second-order valence-electron chi connectivity index (χ2n) is 6.55. The van der Waals surface area contributed by atoms with Gasteiger partial charge in [0.25, 0.3) is 11.8 Å². The fourth-order valence-corrected chi connectivity index (χ4v) is 3.64. The third-order valence-corrected chi connectivity index (χ3v) is 5.09. The Morgan fingerprint density at radius 2 is 1.53 bits per heavy atom. The van der Waals surface area contributed by atoms with Crippen molar-refractivity contribution in [2.24, 2.45) is 0 Å². The number of para-hydroxylation sites is 2. The first-order valence-electron chi connectivity index (χ1n) is 10.1. The lowest BCUT2D eigenvalue weighted by molar-refractivity contribution is -0.122. The van der Waals surface area contributed by atoms with Gasteiger partial charge in [-0.05, 0) is 61.0 Å². The van der Waals surface area contributed by atoms with Gasteiger partial charge in [-0.3, -0.25) is 14.9 Å². The Labute approximate surface area is 194 Å². The van der Waals surface area contributed by atoms with Gasteiger partial charge in [-0.15, -0.1) is 0 Å². The lowest BCUT2D eigenvalue weighted by atomic mass is 10.1. The molecule has 1 aliphatic rings. The van der Waals surface area contributed by atoms with E-state index in [2.05, 4.69) is 21.2 Å². The fourth-order valence-electron chi connectivity index (χ4n) is 3.16. The van der Waals surface area contributed by atoms with Crippen molar-refractivity contribution in [3.63, 3.8) is 0 Å². The van der Waals surface area contributed by atoms with Gasteiger partial charge in [0, 0.05) is 11.6 Å². The predicted octanol–water partition coefficient (Wildman–Crippen LogP) is 4.31. The number of imide groups is 2. The Kier molecular flexibility index (Phi) is 7.53. The van der Waals surface area contributed by atoms with Crippen LogP contribution in [0, 0.1) is 0 Å². The molecule has 1 fully saturated rings. The minimum absolute atomic E-state index is 0.215. The number of rotatable bonds is 8. The summed E-state index contributed by atoms with van der Waals surface area (Å²) in [5.41, 5.74) is 0.508. The van der Waals surface area contributed by atoms with Crippen LogP contribution in [0.3, 0.4) is 0 Å². The monoisotopic (exact) mass is 502 g/mol. The Morgan fingerprint density at radius 3 is 2.22 bits per heavy atom. The maximum absolute atomic E-state index is 13.3. The minimum Gasteiger partial charge on any atom is -0.493 e. The molecule has 0 unspecified atom stereocenters. The molecule has 8 nitrogen and oxygen atoms in total. The van der Waals surface area contributed by atoms with Crippen LogP contribution in [0.5, 0.6) is 17.2 Å². The van der Waals surface area contributed by atoms with E-state index in [-0.39, 0.29) is 11.3 Å². The SMILES string of the molecule is CCOc1cc(OCC)c(/C=C2\C(=O)NC(=O)N(c3ccccc3OCC)C2=O)cc1Br. The van der Waals surface area contributed by atoms with E-state index in [1.54, 1.807) is 43.3 Å². The number of nitrogens with one attached hydrogen (secondary N) is 1. The number of benzene rings is 2. The molecule has 32 heavy (non-hydrogen) atoms. The lowest BCUT2D eigenvalue weighted by Crippen LogP contribution is -2.54. The van der Waals surface area contributed by atoms with Crippen molar-refractivity contribution in [1.82, 2.24) is 5.32 Å². The van der Waals surface area contributed by atoms with Gasteiger partial charge in [-0.25, -0.2) is 9.69 Å². The Hall–Kier alpha value is -3.33. The highest BCUT2D eigenvalue weighted by Crippen LogP contribution is 2.36. The number of hydrogen-bond acceptors (Lipinski definition) is 6. The van der Waals surface area contributed by atoms with Gasteiger partial charge < -0.3 is 14.2 Å². The molecule has 1 aliphatic heterocycles. The third kappa shape index (κ3) is 4.77. The summed E-state index contributed by atoms with van der Waals surface area (Å²) in [6.07, 6.45) is 1.39. The minimum atomic E-state index is -0.845. The van der Waals surface area contributed by atoms with Crippen LogP contribution in [0.15, 0.2) is 46.4 Å². The first-order valence-corrected chi connectivity index (χ1v) is 10.9. The van der Waals surface area contributed by atoms with Crippen LogP contribution in [0.4, 0.5) is 10.5 Å². The Bertz CT molecular complexity index is 1080. The van der Waals surface area contributed by atoms with E-state index in [0.717, 1.165) is 4.90 Å². The number of carbonyl (C=O) groups is 3. The number of anilines is 1. The first-order chi connectivity index (χ1) is 15.4. The van der Waals surface area contributed by atoms with Gasteiger partial charge in [0.2, 0.25) is 0 Å². The molecule has 4 amide bonds. The molecule has 2 aromatic rings. The van der Waals surface area contributed by atoms with Gasteiger partial charge >= 0.3 is 6.03 Å². The average molecular weight is 503 g/mol. The zero-order chi connectivity index (χ0) is 23.3. The van der Waals surface area contributed by atoms with Crippen molar-refractivity contribution in [3.05, 3.63) is 52.0 Å². The van der Waals surface area contributed by atoms with Crippen LogP contribution < -0.4 is 24.4 Å². The van der Waals surface area contributed by atoms with Gasteiger partial charge in [-0.1, -0.05) is 12.1 Å². The first kappa shape index (κ1) is 23.3. The summed E-state index contributed by atoms with van der Waals surface area (Å²) in [6, 6.07) is 9.16. The van der Waals surface area contributed by atoms with Crippen molar-refractivity contribution < 1.29 is 28.6 Å². The summed E-state index contributed by atoms with van der Waals surface area (Å²) >= 11 is 3.44. The van der Waals surface area contributed by atoms with Gasteiger partial charge in [0.05, 0.1) is 30.0 Å². The molecule has 0 saturated carbocycles. The Morgan fingerprint density at radius 1 is 0.906 bits per heavy atom. The molecular formula is C23H23BrN2O6. The Balaban J connectivity index is 2.08. The number of barbiturate groups is 1. The van der Waals surface area contributed by atoms with Crippen molar-refractivity contribution in [1.29, 1.82) is 0 Å². The predicted molar refractivity (Wildman–Crippen MR) is 123 cm³/mol. The zero-order valence-corrected chi connectivity index (χ0v) is 19.5. The van der Waals surface area contributed by atoms with Gasteiger partial charge in [-0.2, -0.15) is 0 Å². The number of carbonyl (C=O) groups excluding carboxylic acids is 3. The molecule has 1 N–H and O–H groups in total. The van der Waals surface area contributed by atoms with Crippen molar-refractivity contribution >= 4 is 45.5 Å². The second kappa shape index (κ2) is 10.3. The molecule has 0 bridgehead atoms. The average Bonchev–Trinajstić information content (AvgIpc) is 2.75. The zero-order valence-electron chi connectivity index (χ0n) is 17.9. The molecule has 1 saturated heterocycles. The molecule has 0 spiro atoms. The molecule has 0 aromatic heterocycles. The number of halogens is 1. The fraction of sp³-hybridized carbons (Fsp3) is 0.261. The van der Waals surface area contributed by atoms with Crippen LogP contribution >= 0.6 is 15.9 Å². The van der Waals surface area contributed by atoms with E-state index in [4.69, 9.17) is 14.2 Å². The molecule has 168 valence electrons. The molecule has 1 heterocycles. The van der Waals surface area contributed by atoms with Crippen LogP contribution in [-0.4, -0.2) is 37.7 Å². The highest BCUT2D eigenvalue weighted by Gasteiger charge is 2.38. The molecule has 0 aliphatic carbocycles. The second-order valence-corrected chi connectivity index (χ2v) is 7.40. The number of amides is 4. The topological polar surface area (TPSA) is 94.2 Å². The summed E-state index contributed by atoms with van der Waals surface area (Å²) in [6.45, 7) is 6.66. The third-order valence-electron chi connectivity index (χ3n) is 4.47. The number of hydrogen-bond donors (Lipinski definition) is 1. The van der Waals surface area contributed by atoms with E-state index < -0.39 is 17.8 Å². The summed E-state index contributed by atoms with van der Waals surface area (Å²) in [5, 5.41) is 2.22. The molecule has 0 radical (unpaired) electrons. The standard InChI is InChI=1S/C23H23BrN2O6/c1-4-30-18-10-8-7-9-17(18)26-22(28)15(21(27)25-23(26)29)11-14-12-16(24)20(32-6-3)13-19(14)31-5-2/h7-13H,4-6H2,1-3H3,(H,25,27,29)/b15-11+. The van der Waals surface area contributed by atoms with E-state index in [1.165, 1.54) is 6.08 Å². The van der Waals surface area contributed by atoms with Gasteiger partial charge in [0.1, 0.15) is 22.8 Å². The normalized spacial score (nSPS) is 15.1. The molecule has 9 heteroatoms. The maximum atomic E-state index is 13.3. The van der Waals surface area contributed by atoms with E-state index in [0.29, 0.717) is 47.1 Å². The molecule has 0 atom stereocenters. The van der Waals surface area contributed by atoms with E-state index >= 15 is 0 Å². The maximum Gasteiger partial charge on any atom is 0.336 e. The molecule has 3 rings (SSSR count). The van der Waals surface area contributed by atoms with Crippen LogP contribution in [-0.2, 0) is 9.59 Å². The quantitative estimate of drug-likeness (QED) is 0.426. The summed E-state index contributed by atoms with van der Waals surface area (Å²) in [5.74, 6) is -0.202. The summed E-state index contributed by atoms with van der Waals surface area (Å²) in [4.78, 5) is 39.3. The van der Waals surface area contributed by atoms with Gasteiger partial charge in [0.15, 0.2) is 0 Å². The van der Waals surface area contributed by atoms with E-state index in [1.807, 2.05) is 13.8 Å². The number of urea groups is 1. The highest BCUT2D eigenvalue weighted by molar-refractivity contribution is 9.10. The van der Waals surface area contributed by atoms with Crippen LogP contribution in [0.1, 0.15) is 26.3 Å². The van der Waals surface area contributed by atoms with E-state index in [9.17, 15) is 14.4 Å². The summed E-state index contributed by atoms with van der Waals surface area (Å²) in [7, 11) is 0. The molecule has 2 aromatic carbocycles.